The highest BCUT2D eigenvalue weighted by atomic mass is 35.5. The lowest BCUT2D eigenvalue weighted by atomic mass is 10.1. The summed E-state index contributed by atoms with van der Waals surface area (Å²) in [5.41, 5.74) is -0.148. The van der Waals surface area contributed by atoms with Gasteiger partial charge in [0.05, 0.1) is 10.8 Å². The van der Waals surface area contributed by atoms with Crippen molar-refractivity contribution >= 4 is 34.7 Å². The van der Waals surface area contributed by atoms with E-state index in [4.69, 9.17) is 11.6 Å². The summed E-state index contributed by atoms with van der Waals surface area (Å²) >= 11 is 5.35. The van der Waals surface area contributed by atoms with E-state index in [0.29, 0.717) is 0 Å². The normalized spacial score (nSPS) is 9.76. The molecule has 0 aliphatic carbocycles. The Morgan fingerprint density at radius 2 is 2.12 bits per heavy atom. The number of nitro groups is 1. The fourth-order valence-corrected chi connectivity index (χ4v) is 1.38. The molecule has 1 amide bonds. The van der Waals surface area contributed by atoms with Gasteiger partial charge in [0.25, 0.3) is 5.69 Å². The number of nitro benzene ring substituents is 1. The maximum atomic E-state index is 11.3. The summed E-state index contributed by atoms with van der Waals surface area (Å²) in [6, 6.07) is 3.78. The van der Waals surface area contributed by atoms with Crippen molar-refractivity contribution < 1.29 is 14.5 Å². The lowest BCUT2D eigenvalue weighted by molar-refractivity contribution is -0.383. The number of carbonyl (C=O) groups excluding carboxylic acids is 2. The number of hydrogen-bond donors (Lipinski definition) is 1. The third-order valence-corrected chi connectivity index (χ3v) is 2.19. The van der Waals surface area contributed by atoms with Gasteiger partial charge in [0, 0.05) is 18.6 Å². The van der Waals surface area contributed by atoms with Gasteiger partial charge in [-0.05, 0) is 12.1 Å². The highest BCUT2D eigenvalue weighted by Gasteiger charge is 2.17. The fraction of sp³-hybridized carbons (Fsp3) is 0.200. The molecular weight excluding hydrogens is 248 g/mol. The van der Waals surface area contributed by atoms with Crippen LogP contribution in [0.1, 0.15) is 17.3 Å². The van der Waals surface area contributed by atoms with E-state index in [2.05, 4.69) is 5.32 Å². The zero-order valence-electron chi connectivity index (χ0n) is 8.90. The second kappa shape index (κ2) is 5.40. The second-order valence-corrected chi connectivity index (χ2v) is 3.49. The molecule has 0 aliphatic heterocycles. The minimum atomic E-state index is -0.670. The molecular formula is C10H9ClN2O4. The molecule has 0 heterocycles. The van der Waals surface area contributed by atoms with Crippen LogP contribution in [-0.2, 0) is 4.79 Å². The third kappa shape index (κ3) is 3.25. The zero-order valence-corrected chi connectivity index (χ0v) is 9.65. The first-order valence-electron chi connectivity index (χ1n) is 4.61. The largest absolute Gasteiger partial charge is 0.321 e. The van der Waals surface area contributed by atoms with Crippen LogP contribution in [0.15, 0.2) is 18.2 Å². The predicted molar refractivity (Wildman–Crippen MR) is 62.5 cm³/mol. The molecule has 0 unspecified atom stereocenters. The number of amides is 1. The van der Waals surface area contributed by atoms with Crippen LogP contribution < -0.4 is 5.32 Å². The number of rotatable bonds is 4. The van der Waals surface area contributed by atoms with Gasteiger partial charge in [0.1, 0.15) is 5.69 Å². The van der Waals surface area contributed by atoms with Gasteiger partial charge >= 0.3 is 0 Å². The summed E-state index contributed by atoms with van der Waals surface area (Å²) in [6.45, 7) is 1.24. The summed E-state index contributed by atoms with van der Waals surface area (Å²) in [4.78, 5) is 32.2. The number of hydrogen-bond acceptors (Lipinski definition) is 4. The van der Waals surface area contributed by atoms with Crippen molar-refractivity contribution in [3.8, 4) is 0 Å². The van der Waals surface area contributed by atoms with Crippen molar-refractivity contribution in [2.45, 2.75) is 6.92 Å². The Morgan fingerprint density at radius 1 is 1.47 bits per heavy atom. The zero-order chi connectivity index (χ0) is 13.0. The topological polar surface area (TPSA) is 89.3 Å². The van der Waals surface area contributed by atoms with Crippen LogP contribution in [0, 0.1) is 10.1 Å². The van der Waals surface area contributed by atoms with E-state index in [-0.39, 0.29) is 22.8 Å². The number of alkyl halides is 1. The summed E-state index contributed by atoms with van der Waals surface area (Å²) in [5, 5.41) is 13.1. The summed E-state index contributed by atoms with van der Waals surface area (Å²) in [5.74, 6) is -1.09. The Bertz CT molecular complexity index is 487. The van der Waals surface area contributed by atoms with Crippen LogP contribution in [0.25, 0.3) is 0 Å². The van der Waals surface area contributed by atoms with Gasteiger partial charge in [0.15, 0.2) is 5.78 Å². The Balaban J connectivity index is 3.21. The number of halogens is 1. The van der Waals surface area contributed by atoms with Crippen molar-refractivity contribution in [1.82, 2.24) is 0 Å². The van der Waals surface area contributed by atoms with Crippen molar-refractivity contribution in [2.75, 3.05) is 11.2 Å². The fourth-order valence-electron chi connectivity index (χ4n) is 1.23. The summed E-state index contributed by atoms with van der Waals surface area (Å²) in [7, 11) is 0. The van der Waals surface area contributed by atoms with Crippen LogP contribution in [0.2, 0.25) is 0 Å². The average molecular weight is 257 g/mol. The highest BCUT2D eigenvalue weighted by molar-refractivity contribution is 6.30. The van der Waals surface area contributed by atoms with Gasteiger partial charge in [-0.2, -0.15) is 0 Å². The number of carbonyl (C=O) groups is 2. The van der Waals surface area contributed by atoms with E-state index in [9.17, 15) is 19.7 Å². The molecule has 6 nitrogen and oxygen atoms in total. The van der Waals surface area contributed by atoms with Gasteiger partial charge in [0.2, 0.25) is 5.91 Å². The molecule has 0 fully saturated rings. The minimum absolute atomic E-state index is 0.0497. The smallest absolute Gasteiger partial charge is 0.293 e. The van der Waals surface area contributed by atoms with E-state index < -0.39 is 16.6 Å². The number of anilines is 1. The standard InChI is InChI=1S/C10H9ClN2O4/c1-6(14)12-8-3-2-7(10(15)5-11)4-9(8)13(16)17/h2-4H,5H2,1H3,(H,12,14). The number of nitrogens with one attached hydrogen (secondary N) is 1. The Labute approximate surface area is 102 Å². The maximum absolute atomic E-state index is 11.3. The molecule has 7 heteroatoms. The molecule has 1 aromatic carbocycles. The number of nitrogens with zero attached hydrogens (tertiary/aromatic N) is 1. The molecule has 0 aliphatic rings. The molecule has 1 aromatic rings. The Hall–Kier alpha value is -1.95. The summed E-state index contributed by atoms with van der Waals surface area (Å²) in [6.07, 6.45) is 0. The van der Waals surface area contributed by atoms with Crippen molar-refractivity contribution in [2.24, 2.45) is 0 Å². The number of Topliss-reactive ketones (excluding diaryl/α,β-unsaturated/α-hetero) is 1. The quantitative estimate of drug-likeness (QED) is 0.386. The lowest BCUT2D eigenvalue weighted by Gasteiger charge is -2.04. The Morgan fingerprint density at radius 3 is 2.59 bits per heavy atom. The van der Waals surface area contributed by atoms with E-state index in [1.807, 2.05) is 0 Å². The molecule has 0 atom stereocenters. The molecule has 1 rings (SSSR count). The molecule has 90 valence electrons. The first-order valence-corrected chi connectivity index (χ1v) is 5.14. The first-order chi connectivity index (χ1) is 7.95. The van der Waals surface area contributed by atoms with E-state index >= 15 is 0 Å². The summed E-state index contributed by atoms with van der Waals surface area (Å²) < 4.78 is 0. The van der Waals surface area contributed by atoms with Crippen molar-refractivity contribution in [3.05, 3.63) is 33.9 Å². The van der Waals surface area contributed by atoms with E-state index in [0.717, 1.165) is 6.07 Å². The van der Waals surface area contributed by atoms with E-state index in [1.54, 1.807) is 0 Å². The monoisotopic (exact) mass is 256 g/mol. The van der Waals surface area contributed by atoms with Gasteiger partial charge in [-0.3, -0.25) is 19.7 Å². The van der Waals surface area contributed by atoms with Gasteiger partial charge in [-0.25, -0.2) is 0 Å². The SMILES string of the molecule is CC(=O)Nc1ccc(C(=O)CCl)cc1[N+](=O)[O-]. The van der Waals surface area contributed by atoms with Crippen LogP contribution >= 0.6 is 11.6 Å². The third-order valence-electron chi connectivity index (χ3n) is 1.95. The molecule has 0 radical (unpaired) electrons. The first kappa shape index (κ1) is 13.1. The van der Waals surface area contributed by atoms with Crippen LogP contribution in [0.5, 0.6) is 0 Å². The van der Waals surface area contributed by atoms with Gasteiger partial charge < -0.3 is 5.32 Å². The van der Waals surface area contributed by atoms with Gasteiger partial charge in [-0.1, -0.05) is 0 Å². The highest BCUT2D eigenvalue weighted by Crippen LogP contribution is 2.25. The molecule has 0 saturated carbocycles. The van der Waals surface area contributed by atoms with Gasteiger partial charge in [-0.15, -0.1) is 11.6 Å². The molecule has 0 aromatic heterocycles. The lowest BCUT2D eigenvalue weighted by Crippen LogP contribution is -2.09. The number of benzene rings is 1. The minimum Gasteiger partial charge on any atom is -0.321 e. The Kier molecular flexibility index (Phi) is 4.17. The van der Waals surface area contributed by atoms with Crippen LogP contribution in [0.4, 0.5) is 11.4 Å². The average Bonchev–Trinajstić information content (AvgIpc) is 2.27. The van der Waals surface area contributed by atoms with Crippen molar-refractivity contribution in [3.63, 3.8) is 0 Å². The molecule has 0 saturated heterocycles. The number of ketones is 1. The molecule has 1 N–H and O–H groups in total. The molecule has 17 heavy (non-hydrogen) atoms. The van der Waals surface area contributed by atoms with Crippen molar-refractivity contribution in [1.29, 1.82) is 0 Å². The second-order valence-electron chi connectivity index (χ2n) is 3.23. The van der Waals surface area contributed by atoms with Crippen LogP contribution in [0.3, 0.4) is 0 Å². The van der Waals surface area contributed by atoms with E-state index in [1.165, 1.54) is 19.1 Å². The maximum Gasteiger partial charge on any atom is 0.293 e. The molecule has 0 spiro atoms. The van der Waals surface area contributed by atoms with Crippen LogP contribution in [-0.4, -0.2) is 22.5 Å². The predicted octanol–water partition coefficient (Wildman–Crippen LogP) is 1.97. The molecule has 0 bridgehead atoms.